The van der Waals surface area contributed by atoms with E-state index in [2.05, 4.69) is 16.0 Å². The number of carbonyl (C=O) groups is 2. The molecule has 1 N–H and O–H groups in total. The summed E-state index contributed by atoms with van der Waals surface area (Å²) in [5.74, 6) is -0.140. The standard InChI is InChI=1S/C25H20N4O2/c30-24-21-14-19-18-8-4-5-9-20(18)27-22(19)23(17-6-2-1-3-7-17)29(21)25(31)28(24)15-16-10-12-26-13-11-16/h1-13,21,23,27H,14-15H2/t21-,23-/m0/s1. The Morgan fingerprint density at radius 3 is 2.48 bits per heavy atom. The fraction of sp³-hybridized carbons (Fsp3) is 0.160. The summed E-state index contributed by atoms with van der Waals surface area (Å²) in [7, 11) is 0. The van der Waals surface area contributed by atoms with E-state index < -0.39 is 6.04 Å². The molecular weight excluding hydrogens is 388 g/mol. The highest BCUT2D eigenvalue weighted by Gasteiger charge is 2.52. The average Bonchev–Trinajstić information content (AvgIpc) is 3.30. The summed E-state index contributed by atoms with van der Waals surface area (Å²) in [6, 6.07) is 20.7. The Kier molecular flexibility index (Phi) is 3.93. The third-order valence-electron chi connectivity index (χ3n) is 6.34. The van der Waals surface area contributed by atoms with Crippen molar-refractivity contribution in [1.29, 1.82) is 0 Å². The van der Waals surface area contributed by atoms with Crippen LogP contribution in [0.3, 0.4) is 0 Å². The van der Waals surface area contributed by atoms with Crippen molar-refractivity contribution in [2.45, 2.75) is 25.0 Å². The van der Waals surface area contributed by atoms with Gasteiger partial charge in [-0.15, -0.1) is 0 Å². The van der Waals surface area contributed by atoms with Crippen molar-refractivity contribution in [1.82, 2.24) is 19.8 Å². The van der Waals surface area contributed by atoms with E-state index in [1.807, 2.05) is 60.7 Å². The van der Waals surface area contributed by atoms with Gasteiger partial charge in [0.15, 0.2) is 0 Å². The van der Waals surface area contributed by atoms with Crippen molar-refractivity contribution < 1.29 is 9.59 Å². The molecule has 2 atom stereocenters. The second kappa shape index (κ2) is 6.80. The molecule has 0 bridgehead atoms. The molecule has 152 valence electrons. The molecule has 1 fully saturated rings. The number of amides is 3. The topological polar surface area (TPSA) is 69.3 Å². The Labute approximate surface area is 179 Å². The SMILES string of the molecule is O=C1[C@@H]2Cc3c([nH]c4ccccc34)[C@H](c3ccccc3)N2C(=O)N1Cc1ccncc1. The van der Waals surface area contributed by atoms with Crippen LogP contribution in [0.4, 0.5) is 4.79 Å². The lowest BCUT2D eigenvalue weighted by molar-refractivity contribution is -0.129. The molecule has 0 aliphatic carbocycles. The van der Waals surface area contributed by atoms with E-state index >= 15 is 0 Å². The summed E-state index contributed by atoms with van der Waals surface area (Å²) in [5, 5.41) is 1.12. The molecule has 3 amide bonds. The number of nitrogens with one attached hydrogen (secondary N) is 1. The number of urea groups is 1. The molecule has 0 radical (unpaired) electrons. The molecule has 1 saturated heterocycles. The Balaban J connectivity index is 1.49. The summed E-state index contributed by atoms with van der Waals surface area (Å²) in [5.41, 5.74) is 5.03. The number of nitrogens with zero attached hydrogens (tertiary/aromatic N) is 3. The van der Waals surface area contributed by atoms with Crippen LogP contribution in [-0.2, 0) is 17.8 Å². The second-order valence-electron chi connectivity index (χ2n) is 8.07. The Hall–Kier alpha value is -3.93. The number of pyridine rings is 1. The number of H-pyrrole nitrogens is 1. The first kappa shape index (κ1) is 17.9. The molecule has 6 nitrogen and oxygen atoms in total. The lowest BCUT2D eigenvalue weighted by Crippen LogP contribution is -2.44. The van der Waals surface area contributed by atoms with Gasteiger partial charge >= 0.3 is 6.03 Å². The molecule has 0 saturated carbocycles. The van der Waals surface area contributed by atoms with Gasteiger partial charge in [0.05, 0.1) is 6.54 Å². The quantitative estimate of drug-likeness (QED) is 0.520. The minimum atomic E-state index is -0.508. The van der Waals surface area contributed by atoms with Crippen molar-refractivity contribution in [3.63, 3.8) is 0 Å². The predicted molar refractivity (Wildman–Crippen MR) is 116 cm³/mol. The van der Waals surface area contributed by atoms with Crippen LogP contribution >= 0.6 is 0 Å². The molecule has 31 heavy (non-hydrogen) atoms. The Morgan fingerprint density at radius 1 is 0.935 bits per heavy atom. The number of imide groups is 1. The Bertz CT molecular complexity index is 1300. The van der Waals surface area contributed by atoms with Crippen molar-refractivity contribution in [3.8, 4) is 0 Å². The van der Waals surface area contributed by atoms with Crippen molar-refractivity contribution in [3.05, 3.63) is 102 Å². The summed E-state index contributed by atoms with van der Waals surface area (Å²) < 4.78 is 0. The van der Waals surface area contributed by atoms with Crippen LogP contribution in [0, 0.1) is 0 Å². The van der Waals surface area contributed by atoms with Crippen molar-refractivity contribution >= 4 is 22.8 Å². The maximum Gasteiger partial charge on any atom is 0.328 e. The number of fused-ring (bicyclic) bond motifs is 4. The number of aromatic amines is 1. The van der Waals surface area contributed by atoms with Gasteiger partial charge in [0.2, 0.25) is 0 Å². The van der Waals surface area contributed by atoms with E-state index in [-0.39, 0.29) is 24.5 Å². The van der Waals surface area contributed by atoms with Crippen LogP contribution in [-0.4, -0.2) is 37.7 Å². The number of hydrogen-bond donors (Lipinski definition) is 1. The molecule has 2 aliphatic heterocycles. The smallest absolute Gasteiger partial charge is 0.328 e. The highest BCUT2D eigenvalue weighted by atomic mass is 16.2. The minimum Gasteiger partial charge on any atom is -0.356 e. The number of hydrogen-bond acceptors (Lipinski definition) is 3. The molecule has 4 heterocycles. The number of para-hydroxylation sites is 1. The summed E-state index contributed by atoms with van der Waals surface area (Å²) >= 11 is 0. The third kappa shape index (κ3) is 2.68. The van der Waals surface area contributed by atoms with E-state index in [0.717, 1.165) is 33.3 Å². The second-order valence-corrected chi connectivity index (χ2v) is 8.07. The van der Waals surface area contributed by atoms with Crippen molar-refractivity contribution in [2.24, 2.45) is 0 Å². The van der Waals surface area contributed by atoms with E-state index in [1.54, 1.807) is 17.3 Å². The van der Waals surface area contributed by atoms with Gasteiger partial charge in [-0.25, -0.2) is 4.79 Å². The largest absolute Gasteiger partial charge is 0.356 e. The van der Waals surface area contributed by atoms with E-state index in [9.17, 15) is 9.59 Å². The van der Waals surface area contributed by atoms with Crippen LogP contribution in [0.25, 0.3) is 10.9 Å². The fourth-order valence-corrected chi connectivity index (χ4v) is 4.93. The normalized spacial score (nSPS) is 20.3. The highest BCUT2D eigenvalue weighted by Crippen LogP contribution is 2.44. The fourth-order valence-electron chi connectivity index (χ4n) is 4.93. The zero-order valence-electron chi connectivity index (χ0n) is 16.7. The summed E-state index contributed by atoms with van der Waals surface area (Å²) in [6.45, 7) is 0.253. The predicted octanol–water partition coefficient (Wildman–Crippen LogP) is 4.04. The zero-order valence-corrected chi connectivity index (χ0v) is 16.7. The molecule has 0 spiro atoms. The Morgan fingerprint density at radius 2 is 1.68 bits per heavy atom. The van der Waals surface area contributed by atoms with Gasteiger partial charge in [0, 0.05) is 35.4 Å². The number of carbonyl (C=O) groups excluding carboxylic acids is 2. The molecule has 0 unspecified atom stereocenters. The molecular formula is C25H20N4O2. The van der Waals surface area contributed by atoms with Crippen molar-refractivity contribution in [2.75, 3.05) is 0 Å². The molecule has 4 aromatic rings. The lowest BCUT2D eigenvalue weighted by atomic mass is 9.89. The van der Waals surface area contributed by atoms with Gasteiger partial charge in [-0.05, 0) is 34.9 Å². The monoisotopic (exact) mass is 408 g/mol. The first-order chi connectivity index (χ1) is 15.2. The van der Waals surface area contributed by atoms with E-state index in [4.69, 9.17) is 0 Å². The van der Waals surface area contributed by atoms with Crippen LogP contribution in [0.15, 0.2) is 79.1 Å². The van der Waals surface area contributed by atoms with Gasteiger partial charge in [-0.3, -0.25) is 19.6 Å². The molecule has 2 aliphatic rings. The molecule has 2 aromatic carbocycles. The average molecular weight is 408 g/mol. The molecule has 6 heteroatoms. The van der Waals surface area contributed by atoms with Gasteiger partial charge in [0.25, 0.3) is 5.91 Å². The van der Waals surface area contributed by atoms with Gasteiger partial charge in [-0.2, -0.15) is 0 Å². The lowest BCUT2D eigenvalue weighted by Gasteiger charge is -2.36. The van der Waals surface area contributed by atoms with E-state index in [0.29, 0.717) is 6.42 Å². The zero-order chi connectivity index (χ0) is 20.9. The minimum absolute atomic E-state index is 0.140. The summed E-state index contributed by atoms with van der Waals surface area (Å²) in [6.07, 6.45) is 3.87. The number of aromatic nitrogens is 2. The molecule has 2 aromatic heterocycles. The van der Waals surface area contributed by atoms with Gasteiger partial charge in [0.1, 0.15) is 12.1 Å². The maximum absolute atomic E-state index is 13.6. The van der Waals surface area contributed by atoms with Crippen LogP contribution in [0.1, 0.15) is 28.4 Å². The highest BCUT2D eigenvalue weighted by molar-refractivity contribution is 6.05. The number of benzene rings is 2. The van der Waals surface area contributed by atoms with Crippen LogP contribution < -0.4 is 0 Å². The van der Waals surface area contributed by atoms with Gasteiger partial charge < -0.3 is 4.98 Å². The van der Waals surface area contributed by atoms with Crippen LogP contribution in [0.2, 0.25) is 0 Å². The summed E-state index contributed by atoms with van der Waals surface area (Å²) in [4.78, 5) is 37.7. The van der Waals surface area contributed by atoms with Gasteiger partial charge in [-0.1, -0.05) is 48.5 Å². The third-order valence-corrected chi connectivity index (χ3v) is 6.34. The molecule has 6 rings (SSSR count). The van der Waals surface area contributed by atoms with Crippen LogP contribution in [0.5, 0.6) is 0 Å². The van der Waals surface area contributed by atoms with E-state index in [1.165, 1.54) is 4.90 Å². The first-order valence-electron chi connectivity index (χ1n) is 10.4. The maximum atomic E-state index is 13.6. The number of rotatable bonds is 3. The first-order valence-corrected chi connectivity index (χ1v) is 10.4.